The fraction of sp³-hybridized carbons (Fsp3) is 0.950. The largest absolute Gasteiger partial charge is 0.341 e. The van der Waals surface area contributed by atoms with Gasteiger partial charge in [-0.15, -0.1) is 0 Å². The number of likely N-dealkylation sites (tertiary alicyclic amines) is 2. The summed E-state index contributed by atoms with van der Waals surface area (Å²) in [5.41, 5.74) is 0.396. The normalized spacial score (nSPS) is 29.7. The number of carbonyl (C=O) groups is 1. The van der Waals surface area contributed by atoms with Gasteiger partial charge in [-0.1, -0.05) is 32.1 Å². The first-order valence-corrected chi connectivity index (χ1v) is 10.2. The van der Waals surface area contributed by atoms with Gasteiger partial charge in [0, 0.05) is 25.0 Å². The summed E-state index contributed by atoms with van der Waals surface area (Å²) in [7, 11) is 3.97. The van der Waals surface area contributed by atoms with Crippen LogP contribution in [0.25, 0.3) is 0 Å². The number of amides is 1. The molecule has 2 saturated heterocycles. The molecule has 4 nitrogen and oxygen atoms in total. The quantitative estimate of drug-likeness (QED) is 0.773. The molecule has 2 heterocycles. The van der Waals surface area contributed by atoms with Crippen LogP contribution in [-0.4, -0.2) is 74.0 Å². The minimum Gasteiger partial charge on any atom is -0.341 e. The van der Waals surface area contributed by atoms with Crippen molar-refractivity contribution in [1.82, 2.24) is 14.7 Å². The molecule has 1 spiro atoms. The number of hydrogen-bond acceptors (Lipinski definition) is 3. The Morgan fingerprint density at radius 1 is 1.04 bits per heavy atom. The third kappa shape index (κ3) is 4.72. The summed E-state index contributed by atoms with van der Waals surface area (Å²) < 4.78 is 0. The Morgan fingerprint density at radius 3 is 2.58 bits per heavy atom. The van der Waals surface area contributed by atoms with Gasteiger partial charge in [-0.3, -0.25) is 4.79 Å². The lowest BCUT2D eigenvalue weighted by Gasteiger charge is -2.41. The van der Waals surface area contributed by atoms with Crippen LogP contribution in [0.2, 0.25) is 0 Å². The van der Waals surface area contributed by atoms with Crippen LogP contribution in [-0.2, 0) is 4.79 Å². The lowest BCUT2D eigenvalue weighted by atomic mass is 9.79. The summed E-state index contributed by atoms with van der Waals surface area (Å²) in [5, 5.41) is 0. The van der Waals surface area contributed by atoms with Crippen LogP contribution in [0.15, 0.2) is 0 Å². The molecular formula is C20H37N3O. The molecule has 2 aliphatic heterocycles. The van der Waals surface area contributed by atoms with Gasteiger partial charge in [-0.25, -0.2) is 0 Å². The summed E-state index contributed by atoms with van der Waals surface area (Å²) in [6.45, 7) is 6.33. The fourth-order valence-electron chi connectivity index (χ4n) is 5.19. The van der Waals surface area contributed by atoms with Crippen LogP contribution in [0.1, 0.15) is 57.8 Å². The van der Waals surface area contributed by atoms with Crippen LogP contribution < -0.4 is 0 Å². The fourth-order valence-corrected chi connectivity index (χ4v) is 5.19. The van der Waals surface area contributed by atoms with E-state index in [4.69, 9.17) is 0 Å². The highest BCUT2D eigenvalue weighted by Crippen LogP contribution is 2.39. The second kappa shape index (κ2) is 8.18. The zero-order valence-corrected chi connectivity index (χ0v) is 15.9. The first-order chi connectivity index (χ1) is 11.6. The molecule has 0 aromatic rings. The zero-order chi connectivity index (χ0) is 17.0. The molecule has 0 aromatic carbocycles. The summed E-state index contributed by atoms with van der Waals surface area (Å²) in [6, 6.07) is 0. The maximum atomic E-state index is 12.4. The molecule has 1 unspecified atom stereocenters. The number of carbonyl (C=O) groups excluding carboxylic acids is 1. The smallest absolute Gasteiger partial charge is 0.236 e. The SMILES string of the molecule is CN(C)CC(=O)N1CCC2(CCCN(CCC3CCCCC3)C2)C1. The van der Waals surface area contributed by atoms with Crippen molar-refractivity contribution in [2.24, 2.45) is 11.3 Å². The number of hydrogen-bond donors (Lipinski definition) is 0. The van der Waals surface area contributed by atoms with Crippen molar-refractivity contribution in [3.63, 3.8) is 0 Å². The number of likely N-dealkylation sites (N-methyl/N-ethyl adjacent to an activating group) is 1. The van der Waals surface area contributed by atoms with Gasteiger partial charge in [0.15, 0.2) is 0 Å². The predicted octanol–water partition coefficient (Wildman–Crippen LogP) is 2.83. The van der Waals surface area contributed by atoms with Crippen LogP contribution in [0.5, 0.6) is 0 Å². The lowest BCUT2D eigenvalue weighted by Crippen LogP contribution is -2.46. The summed E-state index contributed by atoms with van der Waals surface area (Å²) in [5.74, 6) is 1.30. The van der Waals surface area contributed by atoms with Crippen LogP contribution >= 0.6 is 0 Å². The Hall–Kier alpha value is -0.610. The van der Waals surface area contributed by atoms with Crippen molar-refractivity contribution in [3.8, 4) is 0 Å². The topological polar surface area (TPSA) is 26.8 Å². The van der Waals surface area contributed by atoms with E-state index in [1.165, 1.54) is 77.4 Å². The molecule has 1 aliphatic carbocycles. The minimum absolute atomic E-state index is 0.316. The van der Waals surface area contributed by atoms with E-state index in [1.807, 2.05) is 19.0 Å². The van der Waals surface area contributed by atoms with E-state index in [1.54, 1.807) is 0 Å². The highest BCUT2D eigenvalue weighted by atomic mass is 16.2. The molecule has 0 aromatic heterocycles. The maximum absolute atomic E-state index is 12.4. The number of rotatable bonds is 5. The number of piperidine rings is 1. The highest BCUT2D eigenvalue weighted by molar-refractivity contribution is 5.78. The van der Waals surface area contributed by atoms with Crippen molar-refractivity contribution in [2.75, 3.05) is 53.4 Å². The number of nitrogens with zero attached hydrogens (tertiary/aromatic N) is 3. The van der Waals surface area contributed by atoms with Gasteiger partial charge in [0.25, 0.3) is 0 Å². The molecule has 3 fully saturated rings. The van der Waals surface area contributed by atoms with Crippen molar-refractivity contribution in [2.45, 2.75) is 57.8 Å². The van der Waals surface area contributed by atoms with E-state index < -0.39 is 0 Å². The van der Waals surface area contributed by atoms with Crippen LogP contribution in [0.4, 0.5) is 0 Å². The van der Waals surface area contributed by atoms with Gasteiger partial charge in [-0.2, -0.15) is 0 Å². The first-order valence-electron chi connectivity index (χ1n) is 10.2. The molecule has 24 heavy (non-hydrogen) atoms. The average Bonchev–Trinajstić information content (AvgIpc) is 2.97. The van der Waals surface area contributed by atoms with Gasteiger partial charge >= 0.3 is 0 Å². The monoisotopic (exact) mass is 335 g/mol. The molecular weight excluding hydrogens is 298 g/mol. The standard InChI is InChI=1S/C20H37N3O/c1-21(2)15-19(24)23-14-11-20(17-23)10-6-12-22(16-20)13-9-18-7-4-3-5-8-18/h18H,3-17H2,1-2H3. The third-order valence-electron chi connectivity index (χ3n) is 6.56. The Morgan fingerprint density at radius 2 is 1.83 bits per heavy atom. The van der Waals surface area contributed by atoms with Gasteiger partial charge in [0.2, 0.25) is 5.91 Å². The van der Waals surface area contributed by atoms with E-state index in [-0.39, 0.29) is 0 Å². The Kier molecular flexibility index (Phi) is 6.20. The van der Waals surface area contributed by atoms with Crippen LogP contribution in [0.3, 0.4) is 0 Å². The lowest BCUT2D eigenvalue weighted by molar-refractivity contribution is -0.131. The molecule has 0 radical (unpaired) electrons. The molecule has 0 bridgehead atoms. The molecule has 138 valence electrons. The van der Waals surface area contributed by atoms with E-state index in [0.717, 1.165) is 19.0 Å². The van der Waals surface area contributed by atoms with Crippen molar-refractivity contribution in [1.29, 1.82) is 0 Å². The van der Waals surface area contributed by atoms with Crippen molar-refractivity contribution < 1.29 is 4.79 Å². The van der Waals surface area contributed by atoms with E-state index in [0.29, 0.717) is 17.9 Å². The predicted molar refractivity (Wildman–Crippen MR) is 99.1 cm³/mol. The minimum atomic E-state index is 0.316. The van der Waals surface area contributed by atoms with Gasteiger partial charge in [-0.05, 0) is 58.8 Å². The second-order valence-electron chi connectivity index (χ2n) is 8.98. The summed E-state index contributed by atoms with van der Waals surface area (Å²) in [6.07, 6.45) is 12.6. The Labute approximate surface area is 148 Å². The van der Waals surface area contributed by atoms with E-state index >= 15 is 0 Å². The Bertz CT molecular complexity index is 419. The van der Waals surface area contributed by atoms with Crippen molar-refractivity contribution >= 4 is 5.91 Å². The molecule has 3 rings (SSSR count). The maximum Gasteiger partial charge on any atom is 0.236 e. The summed E-state index contributed by atoms with van der Waals surface area (Å²) in [4.78, 5) is 19.2. The molecule has 0 N–H and O–H groups in total. The van der Waals surface area contributed by atoms with Crippen molar-refractivity contribution in [3.05, 3.63) is 0 Å². The van der Waals surface area contributed by atoms with Gasteiger partial charge < -0.3 is 14.7 Å². The second-order valence-corrected chi connectivity index (χ2v) is 8.98. The van der Waals surface area contributed by atoms with Crippen LogP contribution in [0, 0.1) is 11.3 Å². The highest BCUT2D eigenvalue weighted by Gasteiger charge is 2.42. The summed E-state index contributed by atoms with van der Waals surface area (Å²) >= 11 is 0. The van der Waals surface area contributed by atoms with Gasteiger partial charge in [0.05, 0.1) is 6.54 Å². The zero-order valence-electron chi connectivity index (χ0n) is 15.9. The van der Waals surface area contributed by atoms with Gasteiger partial charge in [0.1, 0.15) is 0 Å². The van der Waals surface area contributed by atoms with E-state index in [2.05, 4.69) is 9.80 Å². The first kappa shape index (κ1) is 18.2. The molecule has 1 saturated carbocycles. The molecule has 4 heteroatoms. The molecule has 1 atom stereocenters. The molecule has 3 aliphatic rings. The Balaban J connectivity index is 1.47. The average molecular weight is 336 g/mol. The van der Waals surface area contributed by atoms with E-state index in [9.17, 15) is 4.79 Å². The molecule has 1 amide bonds. The third-order valence-corrected chi connectivity index (χ3v) is 6.56.